The molecule has 0 aliphatic rings. The second-order valence-corrected chi connectivity index (χ2v) is 6.79. The molecule has 0 saturated heterocycles. The lowest BCUT2D eigenvalue weighted by Gasteiger charge is -2.09. The summed E-state index contributed by atoms with van der Waals surface area (Å²) in [5.74, 6) is 0.793. The third-order valence-electron chi connectivity index (χ3n) is 4.13. The van der Waals surface area contributed by atoms with E-state index in [1.807, 2.05) is 30.3 Å². The van der Waals surface area contributed by atoms with E-state index in [0.29, 0.717) is 36.6 Å². The monoisotopic (exact) mass is 388 g/mol. The smallest absolute Gasteiger partial charge is 0.367 e. The normalized spacial score (nSPS) is 11.0. The minimum atomic E-state index is -0.523. The lowest BCUT2D eigenvalue weighted by molar-refractivity contribution is 0.181. The molecule has 0 radical (unpaired) electrons. The number of carbonyl (C=O) groups is 1. The number of benzene rings is 1. The van der Waals surface area contributed by atoms with Crippen LogP contribution >= 0.6 is 11.8 Å². The zero-order valence-corrected chi connectivity index (χ0v) is 15.9. The third-order valence-corrected chi connectivity index (χ3v) is 4.89. The standard InChI is InChI=1S/C18H20N4O4S/c1-3-26-18(25)27-11-13-19-15-14(16(23)20-17(24)21(15)2)22(13)10-9-12-7-5-4-6-8-12/h4-8H,3,9-11H2,1-2H3,(H,20,23,24). The zero-order valence-electron chi connectivity index (χ0n) is 15.1. The van der Waals surface area contributed by atoms with Crippen LogP contribution in [-0.2, 0) is 30.5 Å². The van der Waals surface area contributed by atoms with Crippen LogP contribution < -0.4 is 11.2 Å². The Kier molecular flexibility index (Phi) is 5.80. The molecule has 9 heteroatoms. The van der Waals surface area contributed by atoms with Crippen LogP contribution in [0.1, 0.15) is 18.3 Å². The van der Waals surface area contributed by atoms with Gasteiger partial charge in [-0.3, -0.25) is 14.3 Å². The van der Waals surface area contributed by atoms with Crippen molar-refractivity contribution in [3.8, 4) is 0 Å². The summed E-state index contributed by atoms with van der Waals surface area (Å²) in [6.07, 6.45) is 0.686. The minimum absolute atomic E-state index is 0.246. The lowest BCUT2D eigenvalue weighted by atomic mass is 10.1. The van der Waals surface area contributed by atoms with Crippen molar-refractivity contribution in [2.75, 3.05) is 6.61 Å². The number of fused-ring (bicyclic) bond motifs is 1. The van der Waals surface area contributed by atoms with Gasteiger partial charge in [0, 0.05) is 13.6 Å². The minimum Gasteiger partial charge on any atom is -0.458 e. The van der Waals surface area contributed by atoms with Gasteiger partial charge in [0.25, 0.3) is 5.56 Å². The van der Waals surface area contributed by atoms with Crippen LogP contribution in [-0.4, -0.2) is 31.0 Å². The molecule has 8 nitrogen and oxygen atoms in total. The molecule has 1 N–H and O–H groups in total. The summed E-state index contributed by atoms with van der Waals surface area (Å²) in [5, 5.41) is -0.401. The zero-order chi connectivity index (χ0) is 19.4. The van der Waals surface area contributed by atoms with Crippen molar-refractivity contribution >= 4 is 28.2 Å². The molecule has 0 atom stereocenters. The van der Waals surface area contributed by atoms with Gasteiger partial charge in [-0.25, -0.2) is 14.6 Å². The first-order valence-electron chi connectivity index (χ1n) is 8.53. The van der Waals surface area contributed by atoms with E-state index >= 15 is 0 Å². The second-order valence-electron chi connectivity index (χ2n) is 5.88. The highest BCUT2D eigenvalue weighted by atomic mass is 32.2. The molecule has 0 aliphatic heterocycles. The number of nitrogens with zero attached hydrogens (tertiary/aromatic N) is 3. The Bertz CT molecular complexity index is 1070. The number of thioether (sulfide) groups is 1. The Labute approximate surface area is 159 Å². The van der Waals surface area contributed by atoms with Gasteiger partial charge in [0.05, 0.1) is 12.4 Å². The van der Waals surface area contributed by atoms with Crippen LogP contribution in [0.15, 0.2) is 39.9 Å². The van der Waals surface area contributed by atoms with Gasteiger partial charge < -0.3 is 9.30 Å². The summed E-state index contributed by atoms with van der Waals surface area (Å²) in [6, 6.07) is 9.86. The van der Waals surface area contributed by atoms with E-state index in [2.05, 4.69) is 9.97 Å². The molecule has 0 aliphatic carbocycles. The van der Waals surface area contributed by atoms with Crippen LogP contribution in [0.4, 0.5) is 4.79 Å². The van der Waals surface area contributed by atoms with Gasteiger partial charge in [-0.1, -0.05) is 30.3 Å². The summed E-state index contributed by atoms with van der Waals surface area (Å²) in [5.41, 5.74) is 0.735. The number of ether oxygens (including phenoxy) is 1. The van der Waals surface area contributed by atoms with E-state index in [4.69, 9.17) is 4.74 Å². The van der Waals surface area contributed by atoms with Gasteiger partial charge in [0.2, 0.25) is 0 Å². The largest absolute Gasteiger partial charge is 0.458 e. The SMILES string of the molecule is CCOC(=O)SCc1nc2c(c(=O)[nH]c(=O)n2C)n1CCc1ccccc1. The molecule has 142 valence electrons. The third kappa shape index (κ3) is 4.13. The summed E-state index contributed by atoms with van der Waals surface area (Å²) >= 11 is 0.977. The van der Waals surface area contributed by atoms with Crippen molar-refractivity contribution < 1.29 is 9.53 Å². The number of imidazole rings is 1. The van der Waals surface area contributed by atoms with Crippen LogP contribution in [0.2, 0.25) is 0 Å². The fourth-order valence-electron chi connectivity index (χ4n) is 2.80. The molecule has 0 fully saturated rings. The van der Waals surface area contributed by atoms with Gasteiger partial charge in [-0.15, -0.1) is 0 Å². The number of nitrogens with one attached hydrogen (secondary N) is 1. The van der Waals surface area contributed by atoms with Crippen LogP contribution in [0.5, 0.6) is 0 Å². The number of H-pyrrole nitrogens is 1. The molecule has 0 spiro atoms. The van der Waals surface area contributed by atoms with Crippen LogP contribution in [0.3, 0.4) is 0 Å². The number of aromatic nitrogens is 4. The van der Waals surface area contributed by atoms with Crippen molar-refractivity contribution in [1.82, 2.24) is 19.1 Å². The van der Waals surface area contributed by atoms with Crippen molar-refractivity contribution in [2.24, 2.45) is 7.05 Å². The van der Waals surface area contributed by atoms with Gasteiger partial charge in [0.15, 0.2) is 11.2 Å². The van der Waals surface area contributed by atoms with Gasteiger partial charge in [-0.2, -0.15) is 0 Å². The number of hydrogen-bond acceptors (Lipinski definition) is 6. The van der Waals surface area contributed by atoms with Gasteiger partial charge >= 0.3 is 11.0 Å². The van der Waals surface area contributed by atoms with E-state index in [0.717, 1.165) is 17.3 Å². The molecule has 0 saturated carbocycles. The maximum absolute atomic E-state index is 12.4. The Balaban J connectivity index is 2.00. The Morgan fingerprint density at radius 1 is 1.26 bits per heavy atom. The molecule has 2 aromatic heterocycles. The maximum Gasteiger partial charge on any atom is 0.367 e. The van der Waals surface area contributed by atoms with Gasteiger partial charge in [0.1, 0.15) is 5.82 Å². The Hall–Kier alpha value is -2.81. The molecule has 3 aromatic rings. The van der Waals surface area contributed by atoms with Crippen molar-refractivity contribution in [1.29, 1.82) is 0 Å². The Morgan fingerprint density at radius 2 is 2.00 bits per heavy atom. The number of carbonyl (C=O) groups excluding carboxylic acids is 1. The number of hydrogen-bond donors (Lipinski definition) is 1. The van der Waals surface area contributed by atoms with E-state index in [1.165, 1.54) is 4.57 Å². The molecular weight excluding hydrogens is 368 g/mol. The van der Waals surface area contributed by atoms with Crippen molar-refractivity contribution in [2.45, 2.75) is 25.6 Å². The van der Waals surface area contributed by atoms with Crippen molar-refractivity contribution in [3.05, 3.63) is 62.6 Å². The molecule has 1 aromatic carbocycles. The predicted molar refractivity (Wildman–Crippen MR) is 104 cm³/mol. The average molecular weight is 388 g/mol. The number of aromatic amines is 1. The molecule has 0 unspecified atom stereocenters. The summed E-state index contributed by atoms with van der Waals surface area (Å²) in [7, 11) is 1.55. The van der Waals surface area contributed by atoms with Gasteiger partial charge in [-0.05, 0) is 30.7 Å². The highest BCUT2D eigenvalue weighted by molar-refractivity contribution is 8.12. The Morgan fingerprint density at radius 3 is 2.70 bits per heavy atom. The predicted octanol–water partition coefficient (Wildman–Crippen LogP) is 2.06. The average Bonchev–Trinajstić information content (AvgIpc) is 3.03. The molecule has 0 bridgehead atoms. The summed E-state index contributed by atoms with van der Waals surface area (Å²) in [4.78, 5) is 42.8. The van der Waals surface area contributed by atoms with E-state index in [9.17, 15) is 14.4 Å². The molecule has 3 rings (SSSR count). The molecule has 0 amide bonds. The van der Waals surface area contributed by atoms with Crippen molar-refractivity contribution in [3.63, 3.8) is 0 Å². The first-order chi connectivity index (χ1) is 13.0. The summed E-state index contributed by atoms with van der Waals surface area (Å²) < 4.78 is 8.01. The first-order valence-corrected chi connectivity index (χ1v) is 9.51. The number of aryl methyl sites for hydroxylation is 3. The second kappa shape index (κ2) is 8.26. The highest BCUT2D eigenvalue weighted by Gasteiger charge is 2.18. The van der Waals surface area contributed by atoms with E-state index in [1.54, 1.807) is 18.5 Å². The topological polar surface area (TPSA) is 99.0 Å². The number of rotatable bonds is 6. The molecular formula is C18H20N4O4S. The van der Waals surface area contributed by atoms with E-state index in [-0.39, 0.29) is 5.75 Å². The fraction of sp³-hybridized carbons (Fsp3) is 0.333. The highest BCUT2D eigenvalue weighted by Crippen LogP contribution is 2.19. The molecule has 2 heterocycles. The van der Waals surface area contributed by atoms with Crippen LogP contribution in [0.25, 0.3) is 11.2 Å². The van der Waals surface area contributed by atoms with Crippen LogP contribution in [0, 0.1) is 0 Å². The lowest BCUT2D eigenvalue weighted by Crippen LogP contribution is -2.29. The summed E-state index contributed by atoms with van der Waals surface area (Å²) in [6.45, 7) is 2.54. The molecule has 27 heavy (non-hydrogen) atoms. The first kappa shape index (κ1) is 19.0. The maximum atomic E-state index is 12.4. The van der Waals surface area contributed by atoms with E-state index < -0.39 is 16.6 Å². The quantitative estimate of drug-likeness (QED) is 0.649. The fourth-order valence-corrected chi connectivity index (χ4v) is 3.47.